The Kier molecular flexibility index (Phi) is 4.05. The molecule has 0 atom stereocenters. The number of fused-ring (bicyclic) bond motifs is 1. The highest BCUT2D eigenvalue weighted by molar-refractivity contribution is 6.08. The fourth-order valence-electron chi connectivity index (χ4n) is 2.78. The van der Waals surface area contributed by atoms with Crippen molar-refractivity contribution in [2.75, 3.05) is 5.32 Å². The fourth-order valence-corrected chi connectivity index (χ4v) is 2.78. The van der Waals surface area contributed by atoms with E-state index < -0.39 is 12.0 Å². The lowest BCUT2D eigenvalue weighted by atomic mass is 9.87. The molecule has 0 unspecified atom stereocenters. The van der Waals surface area contributed by atoms with Crippen molar-refractivity contribution in [2.24, 2.45) is 0 Å². The molecule has 0 aromatic heterocycles. The number of carbonyl (C=O) groups is 1. The predicted molar refractivity (Wildman–Crippen MR) is 84.5 cm³/mol. The summed E-state index contributed by atoms with van der Waals surface area (Å²) in [6, 6.07) is 13.2. The molecule has 0 amide bonds. The zero-order valence-electron chi connectivity index (χ0n) is 12.5. The number of rotatable bonds is 3. The van der Waals surface area contributed by atoms with Crippen LogP contribution in [0.4, 0.5) is 18.9 Å². The molecule has 3 nitrogen and oxygen atoms in total. The van der Waals surface area contributed by atoms with Gasteiger partial charge < -0.3 is 10.4 Å². The van der Waals surface area contributed by atoms with Crippen molar-refractivity contribution in [1.82, 2.24) is 0 Å². The van der Waals surface area contributed by atoms with Gasteiger partial charge in [-0.2, -0.15) is 13.2 Å². The largest absolute Gasteiger partial charge is 0.506 e. The van der Waals surface area contributed by atoms with E-state index in [1.807, 2.05) is 6.07 Å². The second-order valence-corrected chi connectivity index (χ2v) is 5.48. The SMILES string of the molecule is O=C(C1=C(Nc2ccccc2O)c2ccccc2CC1)C(F)(F)F. The number of hydrogen-bond acceptors (Lipinski definition) is 3. The van der Waals surface area contributed by atoms with Crippen LogP contribution in [0.3, 0.4) is 0 Å². The number of anilines is 1. The molecule has 0 heterocycles. The number of benzene rings is 2. The number of alkyl halides is 3. The van der Waals surface area contributed by atoms with Crippen LogP contribution in [0.2, 0.25) is 0 Å². The molecule has 0 saturated carbocycles. The van der Waals surface area contributed by atoms with Gasteiger partial charge in [0.2, 0.25) is 0 Å². The van der Waals surface area contributed by atoms with Gasteiger partial charge in [0.25, 0.3) is 5.78 Å². The molecule has 2 aromatic rings. The van der Waals surface area contributed by atoms with Crippen molar-refractivity contribution in [3.05, 3.63) is 65.2 Å². The molecule has 0 saturated heterocycles. The molecule has 1 aliphatic rings. The van der Waals surface area contributed by atoms with Gasteiger partial charge in [-0.1, -0.05) is 36.4 Å². The monoisotopic (exact) mass is 333 g/mol. The first-order valence-electron chi connectivity index (χ1n) is 7.36. The Balaban J connectivity index is 2.14. The molecule has 2 N–H and O–H groups in total. The number of carbonyl (C=O) groups excluding carboxylic acids is 1. The highest BCUT2D eigenvalue weighted by atomic mass is 19.4. The van der Waals surface area contributed by atoms with Gasteiger partial charge in [-0.15, -0.1) is 0 Å². The number of hydrogen-bond donors (Lipinski definition) is 2. The van der Waals surface area contributed by atoms with Gasteiger partial charge in [-0.3, -0.25) is 4.79 Å². The van der Waals surface area contributed by atoms with E-state index in [1.165, 1.54) is 12.1 Å². The molecule has 6 heteroatoms. The topological polar surface area (TPSA) is 49.3 Å². The quantitative estimate of drug-likeness (QED) is 0.824. The Morgan fingerprint density at radius 1 is 1.00 bits per heavy atom. The average Bonchev–Trinajstić information content (AvgIpc) is 2.55. The standard InChI is InChI=1S/C18H14F3NO2/c19-18(20,21)17(24)13-10-9-11-5-1-2-6-12(11)16(13)22-14-7-3-4-8-15(14)23/h1-8,22-23H,9-10H2. The van der Waals surface area contributed by atoms with Crippen LogP contribution in [0.25, 0.3) is 5.70 Å². The molecule has 3 rings (SSSR count). The van der Waals surface area contributed by atoms with Crippen LogP contribution < -0.4 is 5.32 Å². The van der Waals surface area contributed by atoms with E-state index in [0.29, 0.717) is 12.0 Å². The Morgan fingerprint density at radius 2 is 1.67 bits per heavy atom. The maximum atomic E-state index is 12.9. The van der Waals surface area contributed by atoms with Gasteiger partial charge in [0.05, 0.1) is 11.4 Å². The molecule has 0 spiro atoms. The Bertz CT molecular complexity index is 825. The molecule has 0 fully saturated rings. The molecule has 2 aromatic carbocycles. The van der Waals surface area contributed by atoms with Crippen LogP contribution in [0, 0.1) is 0 Å². The molecule has 0 radical (unpaired) electrons. The summed E-state index contributed by atoms with van der Waals surface area (Å²) >= 11 is 0. The summed E-state index contributed by atoms with van der Waals surface area (Å²) in [5, 5.41) is 12.7. The Hall–Kier alpha value is -2.76. The number of nitrogens with one attached hydrogen (secondary N) is 1. The number of aromatic hydroxyl groups is 1. The molecular weight excluding hydrogens is 319 g/mol. The van der Waals surface area contributed by atoms with Gasteiger partial charge in [0.1, 0.15) is 5.75 Å². The first kappa shape index (κ1) is 16.1. The lowest BCUT2D eigenvalue weighted by Crippen LogP contribution is -2.28. The third kappa shape index (κ3) is 2.99. The van der Waals surface area contributed by atoms with Gasteiger partial charge in [-0.25, -0.2) is 0 Å². The van der Waals surface area contributed by atoms with Crippen LogP contribution in [0.5, 0.6) is 5.75 Å². The van der Waals surface area contributed by atoms with Gasteiger partial charge in [0.15, 0.2) is 0 Å². The van der Waals surface area contributed by atoms with Crippen LogP contribution in [0.15, 0.2) is 54.1 Å². The van der Waals surface area contributed by atoms with Crippen molar-refractivity contribution in [2.45, 2.75) is 19.0 Å². The van der Waals surface area contributed by atoms with Crippen LogP contribution >= 0.6 is 0 Å². The molecule has 24 heavy (non-hydrogen) atoms. The van der Waals surface area contributed by atoms with E-state index in [4.69, 9.17) is 0 Å². The summed E-state index contributed by atoms with van der Waals surface area (Å²) in [7, 11) is 0. The number of ketones is 1. The number of halogens is 3. The Labute approximate surface area is 136 Å². The second-order valence-electron chi connectivity index (χ2n) is 5.48. The zero-order valence-corrected chi connectivity index (χ0v) is 12.5. The molecule has 124 valence electrons. The Morgan fingerprint density at radius 3 is 2.38 bits per heavy atom. The first-order chi connectivity index (χ1) is 11.4. The summed E-state index contributed by atoms with van der Waals surface area (Å²) in [5.74, 6) is -1.96. The number of Topliss-reactive ketones (excluding diaryl/α,β-unsaturated/α-hetero) is 1. The number of phenolic OH excluding ortho intramolecular Hbond substituents is 1. The van der Waals surface area contributed by atoms with E-state index in [9.17, 15) is 23.1 Å². The zero-order chi connectivity index (χ0) is 17.3. The summed E-state index contributed by atoms with van der Waals surface area (Å²) < 4.78 is 38.8. The lowest BCUT2D eigenvalue weighted by molar-refractivity contribution is -0.166. The lowest BCUT2D eigenvalue weighted by Gasteiger charge is -2.24. The highest BCUT2D eigenvalue weighted by Crippen LogP contribution is 2.37. The minimum absolute atomic E-state index is 0.00865. The molecule has 0 bridgehead atoms. The smallest absolute Gasteiger partial charge is 0.454 e. The second kappa shape index (κ2) is 6.03. The van der Waals surface area contributed by atoms with E-state index >= 15 is 0 Å². The number of phenols is 1. The van der Waals surface area contributed by atoms with Gasteiger partial charge >= 0.3 is 6.18 Å². The average molecular weight is 333 g/mol. The van der Waals surface area contributed by atoms with Gasteiger partial charge in [-0.05, 0) is 30.5 Å². The van der Waals surface area contributed by atoms with Crippen LogP contribution in [-0.4, -0.2) is 17.1 Å². The molecular formula is C18H14F3NO2. The highest BCUT2D eigenvalue weighted by Gasteiger charge is 2.42. The maximum absolute atomic E-state index is 12.9. The minimum atomic E-state index is -4.94. The third-order valence-electron chi connectivity index (χ3n) is 3.93. The van der Waals surface area contributed by atoms with E-state index in [-0.39, 0.29) is 29.1 Å². The van der Waals surface area contributed by atoms with Crippen LogP contribution in [-0.2, 0) is 11.2 Å². The first-order valence-corrected chi connectivity index (χ1v) is 7.36. The van der Waals surface area contributed by atoms with E-state index in [0.717, 1.165) is 5.56 Å². The van der Waals surface area contributed by atoms with Crippen LogP contribution in [0.1, 0.15) is 17.5 Å². The minimum Gasteiger partial charge on any atom is -0.506 e. The van der Waals surface area contributed by atoms with E-state index in [2.05, 4.69) is 5.32 Å². The van der Waals surface area contributed by atoms with Crippen molar-refractivity contribution in [3.63, 3.8) is 0 Å². The third-order valence-corrected chi connectivity index (χ3v) is 3.93. The summed E-state index contributed by atoms with van der Waals surface area (Å²) in [6.45, 7) is 0. The van der Waals surface area contributed by atoms with Crippen molar-refractivity contribution >= 4 is 17.2 Å². The summed E-state index contributed by atoms with van der Waals surface area (Å²) in [6.07, 6.45) is -4.59. The number of para-hydroxylation sites is 2. The number of aryl methyl sites for hydroxylation is 1. The van der Waals surface area contributed by atoms with Crippen molar-refractivity contribution < 1.29 is 23.1 Å². The fraction of sp³-hybridized carbons (Fsp3) is 0.167. The summed E-state index contributed by atoms with van der Waals surface area (Å²) in [4.78, 5) is 11.8. The van der Waals surface area contributed by atoms with E-state index in [1.54, 1.807) is 30.3 Å². The summed E-state index contributed by atoms with van der Waals surface area (Å²) in [5.41, 5.74) is 1.43. The maximum Gasteiger partial charge on any atom is 0.454 e. The normalized spacial score (nSPS) is 14.3. The number of allylic oxidation sites excluding steroid dienone is 1. The van der Waals surface area contributed by atoms with Crippen molar-refractivity contribution in [3.8, 4) is 5.75 Å². The van der Waals surface area contributed by atoms with Gasteiger partial charge in [0, 0.05) is 11.1 Å². The molecule has 1 aliphatic carbocycles. The van der Waals surface area contributed by atoms with Crippen molar-refractivity contribution in [1.29, 1.82) is 0 Å². The molecule has 0 aliphatic heterocycles. The predicted octanol–water partition coefficient (Wildman–Crippen LogP) is 4.29.